The van der Waals surface area contributed by atoms with E-state index in [9.17, 15) is 13.5 Å². The molecule has 0 saturated carbocycles. The molecule has 0 aliphatic rings. The number of rotatable bonds is 6. The summed E-state index contributed by atoms with van der Waals surface area (Å²) in [5, 5.41) is 13.9. The molecule has 3 rings (SSSR count). The first kappa shape index (κ1) is 17.3. The minimum atomic E-state index is -3.32. The van der Waals surface area contributed by atoms with Crippen LogP contribution in [-0.4, -0.2) is 42.4 Å². The van der Waals surface area contributed by atoms with E-state index in [0.29, 0.717) is 29.7 Å². The summed E-state index contributed by atoms with van der Waals surface area (Å²) in [5.74, 6) is 0.502. The second-order valence-electron chi connectivity index (χ2n) is 5.90. The van der Waals surface area contributed by atoms with E-state index < -0.39 is 15.9 Å². The van der Waals surface area contributed by atoms with Crippen molar-refractivity contribution in [3.8, 4) is 0 Å². The Morgan fingerprint density at radius 3 is 2.60 bits per heavy atom. The lowest BCUT2D eigenvalue weighted by atomic mass is 10.1. The molecular formula is C18H19N3O3S. The second-order valence-corrected chi connectivity index (χ2v) is 7.91. The van der Waals surface area contributed by atoms with E-state index in [-0.39, 0.29) is 4.90 Å². The normalized spacial score (nSPS) is 12.9. The minimum Gasteiger partial charge on any atom is -0.391 e. The van der Waals surface area contributed by atoms with Crippen LogP contribution in [0.1, 0.15) is 5.56 Å². The molecule has 0 bridgehead atoms. The molecule has 0 spiro atoms. The largest absolute Gasteiger partial charge is 0.391 e. The number of fused-ring (bicyclic) bond motifs is 1. The lowest BCUT2D eigenvalue weighted by Crippen LogP contribution is -2.22. The molecule has 0 amide bonds. The highest BCUT2D eigenvalue weighted by molar-refractivity contribution is 7.90. The lowest BCUT2D eigenvalue weighted by Gasteiger charge is -2.14. The first-order valence-corrected chi connectivity index (χ1v) is 9.73. The van der Waals surface area contributed by atoms with Crippen molar-refractivity contribution in [1.82, 2.24) is 9.97 Å². The summed E-state index contributed by atoms with van der Waals surface area (Å²) in [6.07, 6.45) is 2.50. The van der Waals surface area contributed by atoms with Crippen LogP contribution in [0.3, 0.4) is 0 Å². The quantitative estimate of drug-likeness (QED) is 0.701. The molecule has 1 aromatic heterocycles. The zero-order valence-electron chi connectivity index (χ0n) is 13.8. The molecule has 0 aliphatic heterocycles. The van der Waals surface area contributed by atoms with Crippen LogP contribution in [0.15, 0.2) is 59.8 Å². The van der Waals surface area contributed by atoms with Crippen molar-refractivity contribution in [1.29, 1.82) is 0 Å². The Hall–Kier alpha value is -2.51. The van der Waals surface area contributed by atoms with Gasteiger partial charge in [-0.25, -0.2) is 18.4 Å². The first-order chi connectivity index (χ1) is 11.9. The Balaban J connectivity index is 1.79. The average Bonchev–Trinajstić information content (AvgIpc) is 2.59. The van der Waals surface area contributed by atoms with Crippen LogP contribution in [0, 0.1) is 0 Å². The van der Waals surface area contributed by atoms with Gasteiger partial charge in [0.2, 0.25) is 0 Å². The number of benzene rings is 2. The fourth-order valence-corrected chi connectivity index (χ4v) is 3.23. The zero-order chi connectivity index (χ0) is 17.9. The van der Waals surface area contributed by atoms with E-state index in [2.05, 4.69) is 15.3 Å². The smallest absolute Gasteiger partial charge is 0.175 e. The highest BCUT2D eigenvalue weighted by Crippen LogP contribution is 2.23. The third-order valence-electron chi connectivity index (χ3n) is 3.85. The van der Waals surface area contributed by atoms with Crippen LogP contribution in [-0.2, 0) is 16.3 Å². The van der Waals surface area contributed by atoms with Gasteiger partial charge in [-0.1, -0.05) is 30.3 Å². The van der Waals surface area contributed by atoms with Gasteiger partial charge in [0, 0.05) is 24.6 Å². The number of anilines is 1. The lowest BCUT2D eigenvalue weighted by molar-refractivity contribution is 0.188. The summed E-state index contributed by atoms with van der Waals surface area (Å²) < 4.78 is 23.5. The number of hydrogen-bond donors (Lipinski definition) is 2. The molecule has 1 atom stereocenters. The van der Waals surface area contributed by atoms with Crippen molar-refractivity contribution in [2.75, 3.05) is 18.1 Å². The summed E-state index contributed by atoms with van der Waals surface area (Å²) in [7, 11) is -3.32. The van der Waals surface area contributed by atoms with Crippen molar-refractivity contribution in [3.63, 3.8) is 0 Å². The van der Waals surface area contributed by atoms with Crippen molar-refractivity contribution in [2.45, 2.75) is 17.4 Å². The van der Waals surface area contributed by atoms with Gasteiger partial charge in [-0.15, -0.1) is 0 Å². The molecule has 7 heteroatoms. The molecule has 2 aromatic carbocycles. The maximum atomic E-state index is 11.8. The SMILES string of the molecule is CS(=O)(=O)c1ccc2ncnc(NC[C@@H](O)Cc3ccccc3)c2c1. The van der Waals surface area contributed by atoms with Crippen molar-refractivity contribution >= 4 is 26.6 Å². The van der Waals surface area contributed by atoms with Gasteiger partial charge in [0.1, 0.15) is 12.1 Å². The molecule has 6 nitrogen and oxygen atoms in total. The average molecular weight is 357 g/mol. The van der Waals surface area contributed by atoms with Crippen LogP contribution in [0.25, 0.3) is 10.9 Å². The van der Waals surface area contributed by atoms with Crippen LogP contribution in [0.5, 0.6) is 0 Å². The van der Waals surface area contributed by atoms with Crippen molar-refractivity contribution in [2.24, 2.45) is 0 Å². The third kappa shape index (κ3) is 4.32. The van der Waals surface area contributed by atoms with E-state index in [4.69, 9.17) is 0 Å². The molecule has 25 heavy (non-hydrogen) atoms. The summed E-state index contributed by atoms with van der Waals surface area (Å²) in [6, 6.07) is 14.4. The van der Waals surface area contributed by atoms with Crippen LogP contribution in [0.2, 0.25) is 0 Å². The van der Waals surface area contributed by atoms with Gasteiger partial charge in [-0.05, 0) is 23.8 Å². The number of aliphatic hydroxyl groups is 1. The molecule has 0 saturated heterocycles. The predicted octanol–water partition coefficient (Wildman–Crippen LogP) is 2.05. The minimum absolute atomic E-state index is 0.211. The van der Waals surface area contributed by atoms with E-state index in [1.165, 1.54) is 12.4 Å². The maximum Gasteiger partial charge on any atom is 0.175 e. The Morgan fingerprint density at radius 1 is 1.12 bits per heavy atom. The van der Waals surface area contributed by atoms with E-state index in [1.807, 2.05) is 30.3 Å². The zero-order valence-corrected chi connectivity index (χ0v) is 14.6. The second kappa shape index (κ2) is 7.16. The summed E-state index contributed by atoms with van der Waals surface area (Å²) in [6.45, 7) is 0.296. The Kier molecular flexibility index (Phi) is 4.96. The highest BCUT2D eigenvalue weighted by Gasteiger charge is 2.12. The molecule has 0 unspecified atom stereocenters. The Labute approximate surface area is 146 Å². The summed E-state index contributed by atoms with van der Waals surface area (Å²) in [4.78, 5) is 8.54. The van der Waals surface area contributed by atoms with Gasteiger partial charge in [-0.2, -0.15) is 0 Å². The molecule has 130 valence electrons. The van der Waals surface area contributed by atoms with E-state index in [1.54, 1.807) is 12.1 Å². The van der Waals surface area contributed by atoms with Gasteiger partial charge in [0.25, 0.3) is 0 Å². The fourth-order valence-electron chi connectivity index (χ4n) is 2.58. The van der Waals surface area contributed by atoms with Gasteiger partial charge in [0.05, 0.1) is 16.5 Å². The standard InChI is InChI=1S/C18H19N3O3S/c1-25(23,24)15-7-8-17-16(10-15)18(21-12-20-17)19-11-14(22)9-13-5-3-2-4-6-13/h2-8,10,12,14,22H,9,11H2,1H3,(H,19,20,21)/t14-/m0/s1. The molecule has 2 N–H and O–H groups in total. The number of sulfone groups is 1. The number of aliphatic hydroxyl groups excluding tert-OH is 1. The topological polar surface area (TPSA) is 92.2 Å². The molecule has 0 radical (unpaired) electrons. The fraction of sp³-hybridized carbons (Fsp3) is 0.222. The van der Waals surface area contributed by atoms with Gasteiger partial charge >= 0.3 is 0 Å². The first-order valence-electron chi connectivity index (χ1n) is 7.84. The maximum absolute atomic E-state index is 11.8. The molecule has 0 fully saturated rings. The van der Waals surface area contributed by atoms with Crippen LogP contribution in [0.4, 0.5) is 5.82 Å². The number of hydrogen-bond acceptors (Lipinski definition) is 6. The molecule has 0 aliphatic carbocycles. The number of nitrogens with zero attached hydrogens (tertiary/aromatic N) is 2. The Bertz CT molecular complexity index is 975. The number of aromatic nitrogens is 2. The molecule has 3 aromatic rings. The van der Waals surface area contributed by atoms with Crippen LogP contribution < -0.4 is 5.32 Å². The van der Waals surface area contributed by atoms with Gasteiger partial charge < -0.3 is 10.4 Å². The summed E-state index contributed by atoms with van der Waals surface area (Å²) in [5.41, 5.74) is 1.69. The molecular weight excluding hydrogens is 338 g/mol. The Morgan fingerprint density at radius 2 is 1.88 bits per heavy atom. The highest BCUT2D eigenvalue weighted by atomic mass is 32.2. The molecule has 1 heterocycles. The number of nitrogens with one attached hydrogen (secondary N) is 1. The van der Waals surface area contributed by atoms with Crippen molar-refractivity contribution < 1.29 is 13.5 Å². The monoisotopic (exact) mass is 357 g/mol. The summed E-state index contributed by atoms with van der Waals surface area (Å²) >= 11 is 0. The van der Waals surface area contributed by atoms with Crippen LogP contribution >= 0.6 is 0 Å². The van der Waals surface area contributed by atoms with Crippen molar-refractivity contribution in [3.05, 3.63) is 60.4 Å². The van der Waals surface area contributed by atoms with Gasteiger partial charge in [0.15, 0.2) is 9.84 Å². The van der Waals surface area contributed by atoms with E-state index >= 15 is 0 Å². The third-order valence-corrected chi connectivity index (χ3v) is 4.96. The predicted molar refractivity (Wildman–Crippen MR) is 97.3 cm³/mol. The van der Waals surface area contributed by atoms with Gasteiger partial charge in [-0.3, -0.25) is 0 Å². The van der Waals surface area contributed by atoms with E-state index in [0.717, 1.165) is 11.8 Å².